The van der Waals surface area contributed by atoms with Crippen molar-refractivity contribution in [1.29, 1.82) is 5.26 Å². The van der Waals surface area contributed by atoms with Crippen molar-refractivity contribution in [2.24, 2.45) is 16.7 Å². The molecule has 1 unspecified atom stereocenters. The van der Waals surface area contributed by atoms with Gasteiger partial charge in [-0.2, -0.15) is 5.26 Å². The van der Waals surface area contributed by atoms with E-state index in [1.807, 2.05) is 23.6 Å². The molecule has 0 N–H and O–H groups in total. The van der Waals surface area contributed by atoms with Crippen LogP contribution in [0.4, 0.5) is 5.69 Å². The summed E-state index contributed by atoms with van der Waals surface area (Å²) < 4.78 is 0. The Kier molecular flexibility index (Phi) is 5.01. The molecule has 1 aromatic carbocycles. The Labute approximate surface area is 186 Å². The molecule has 0 bridgehead atoms. The monoisotopic (exact) mass is 435 g/mol. The highest BCUT2D eigenvalue weighted by Crippen LogP contribution is 2.69. The third-order valence-corrected chi connectivity index (χ3v) is 8.07. The zero-order valence-electron chi connectivity index (χ0n) is 18.1. The van der Waals surface area contributed by atoms with Gasteiger partial charge in [0.1, 0.15) is 6.04 Å². The van der Waals surface area contributed by atoms with Crippen LogP contribution >= 0.6 is 11.3 Å². The van der Waals surface area contributed by atoms with E-state index in [2.05, 4.69) is 27.7 Å². The van der Waals surface area contributed by atoms with Crippen LogP contribution in [0.1, 0.15) is 44.6 Å². The molecule has 31 heavy (non-hydrogen) atoms. The second-order valence-electron chi connectivity index (χ2n) is 9.37. The van der Waals surface area contributed by atoms with E-state index in [0.717, 1.165) is 9.78 Å². The zero-order valence-corrected chi connectivity index (χ0v) is 18.9. The quantitative estimate of drug-likeness (QED) is 0.666. The second-order valence-corrected chi connectivity index (χ2v) is 10.4. The summed E-state index contributed by atoms with van der Waals surface area (Å²) in [7, 11) is 0. The van der Waals surface area contributed by atoms with Gasteiger partial charge in [-0.25, -0.2) is 4.90 Å². The summed E-state index contributed by atoms with van der Waals surface area (Å²) in [6.07, 6.45) is -0.0382. The van der Waals surface area contributed by atoms with Crippen LogP contribution in [0.25, 0.3) is 0 Å². The maximum atomic E-state index is 13.6. The number of nitrogens with zero attached hydrogens (tertiary/aromatic N) is 3. The number of carbonyl (C=O) groups is 3. The van der Waals surface area contributed by atoms with E-state index >= 15 is 0 Å². The minimum atomic E-state index is -0.829. The minimum Gasteiger partial charge on any atom is -0.325 e. The second kappa shape index (κ2) is 7.31. The van der Waals surface area contributed by atoms with E-state index in [9.17, 15) is 14.4 Å². The van der Waals surface area contributed by atoms with Gasteiger partial charge in [0.15, 0.2) is 0 Å². The Balaban J connectivity index is 1.65. The van der Waals surface area contributed by atoms with Crippen molar-refractivity contribution in [2.75, 3.05) is 4.90 Å². The van der Waals surface area contributed by atoms with Crippen LogP contribution in [0.15, 0.2) is 41.8 Å². The molecule has 4 rings (SSSR count). The van der Waals surface area contributed by atoms with Crippen LogP contribution in [-0.2, 0) is 20.9 Å². The fraction of sp³-hybridized carbons (Fsp3) is 0.417. The predicted molar refractivity (Wildman–Crippen MR) is 118 cm³/mol. The summed E-state index contributed by atoms with van der Waals surface area (Å²) in [4.78, 5) is 43.6. The van der Waals surface area contributed by atoms with E-state index in [0.29, 0.717) is 17.8 Å². The molecular formula is C24H25N3O3S. The van der Waals surface area contributed by atoms with Crippen molar-refractivity contribution in [1.82, 2.24) is 4.90 Å². The lowest BCUT2D eigenvalue weighted by Gasteiger charge is -2.28. The SMILES string of the molecule is CC1(C)C(C(=O)N(Cc2cccs2)C2CC(=O)N(c3ccc(C#N)cc3)C2=O)C1(C)C. The van der Waals surface area contributed by atoms with Gasteiger partial charge < -0.3 is 4.90 Å². The first-order chi connectivity index (χ1) is 14.6. The Morgan fingerprint density at radius 3 is 2.32 bits per heavy atom. The molecule has 7 heteroatoms. The van der Waals surface area contributed by atoms with Crippen molar-refractivity contribution in [3.63, 3.8) is 0 Å². The molecule has 2 fully saturated rings. The third kappa shape index (κ3) is 3.35. The number of hydrogen-bond acceptors (Lipinski definition) is 5. The molecule has 160 valence electrons. The van der Waals surface area contributed by atoms with E-state index in [1.54, 1.807) is 29.2 Å². The van der Waals surface area contributed by atoms with Gasteiger partial charge in [0, 0.05) is 10.8 Å². The highest BCUT2D eigenvalue weighted by molar-refractivity contribution is 7.09. The smallest absolute Gasteiger partial charge is 0.257 e. The number of thiophene rings is 1. The largest absolute Gasteiger partial charge is 0.325 e. The summed E-state index contributed by atoms with van der Waals surface area (Å²) in [5.74, 6) is -1.00. The summed E-state index contributed by atoms with van der Waals surface area (Å²) in [5, 5.41) is 10.9. The fourth-order valence-corrected chi connectivity index (χ4v) is 5.41. The van der Waals surface area contributed by atoms with Crippen LogP contribution in [0, 0.1) is 28.1 Å². The Hall–Kier alpha value is -2.98. The predicted octanol–water partition coefficient (Wildman–Crippen LogP) is 3.96. The van der Waals surface area contributed by atoms with Crippen molar-refractivity contribution in [2.45, 2.75) is 46.7 Å². The van der Waals surface area contributed by atoms with Crippen molar-refractivity contribution in [3.8, 4) is 6.07 Å². The number of nitriles is 1. The highest BCUT2D eigenvalue weighted by Gasteiger charge is 2.69. The number of imide groups is 1. The molecule has 1 aromatic heterocycles. The average Bonchev–Trinajstić information content (AvgIpc) is 3.15. The van der Waals surface area contributed by atoms with Gasteiger partial charge in [0.25, 0.3) is 5.91 Å². The summed E-state index contributed by atoms with van der Waals surface area (Å²) in [6.45, 7) is 8.60. The van der Waals surface area contributed by atoms with Gasteiger partial charge in [0.05, 0.1) is 30.3 Å². The minimum absolute atomic E-state index is 0.0382. The number of anilines is 1. The van der Waals surface area contributed by atoms with Crippen LogP contribution in [0.2, 0.25) is 0 Å². The van der Waals surface area contributed by atoms with Crippen LogP contribution in [0.5, 0.6) is 0 Å². The molecule has 2 aromatic rings. The first kappa shape index (κ1) is 21.3. The van der Waals surface area contributed by atoms with E-state index in [-0.39, 0.29) is 35.0 Å². The third-order valence-electron chi connectivity index (χ3n) is 7.21. The molecule has 1 atom stereocenters. The standard InChI is InChI=1S/C24H25N3O3S/c1-23(2)20(24(23,3)4)22(30)26(14-17-6-5-11-31-17)18-12-19(28)27(21(18)29)16-9-7-15(13-25)8-10-16/h5-11,18,20H,12,14H2,1-4H3. The number of amides is 3. The fourth-order valence-electron chi connectivity index (χ4n) is 4.71. The molecule has 2 heterocycles. The van der Waals surface area contributed by atoms with Gasteiger partial charge >= 0.3 is 0 Å². The lowest BCUT2D eigenvalue weighted by Crippen LogP contribution is -2.46. The van der Waals surface area contributed by atoms with Gasteiger partial charge in [-0.05, 0) is 46.5 Å². The summed E-state index contributed by atoms with van der Waals surface area (Å²) in [5.41, 5.74) is 0.533. The van der Waals surface area contributed by atoms with Crippen LogP contribution in [-0.4, -0.2) is 28.7 Å². The van der Waals surface area contributed by atoms with Crippen molar-refractivity contribution in [3.05, 3.63) is 52.2 Å². The first-order valence-electron chi connectivity index (χ1n) is 10.3. The van der Waals surface area contributed by atoms with E-state index < -0.39 is 11.9 Å². The Morgan fingerprint density at radius 1 is 1.16 bits per heavy atom. The number of rotatable bonds is 5. The lowest BCUT2D eigenvalue weighted by molar-refractivity contribution is -0.141. The van der Waals surface area contributed by atoms with Gasteiger partial charge in [0.2, 0.25) is 11.8 Å². The lowest BCUT2D eigenvalue weighted by atomic mass is 10.0. The molecule has 2 aliphatic rings. The molecule has 6 nitrogen and oxygen atoms in total. The Bertz CT molecular complexity index is 1070. The van der Waals surface area contributed by atoms with Gasteiger partial charge in [-0.3, -0.25) is 14.4 Å². The summed E-state index contributed by atoms with van der Waals surface area (Å²) in [6, 6.07) is 11.4. The van der Waals surface area contributed by atoms with Crippen LogP contribution in [0.3, 0.4) is 0 Å². The highest BCUT2D eigenvalue weighted by atomic mass is 32.1. The molecule has 1 aliphatic heterocycles. The zero-order chi connectivity index (χ0) is 22.6. The summed E-state index contributed by atoms with van der Waals surface area (Å²) >= 11 is 1.53. The van der Waals surface area contributed by atoms with Crippen molar-refractivity contribution >= 4 is 34.7 Å². The molecule has 0 radical (unpaired) electrons. The molecule has 1 aliphatic carbocycles. The molecule has 1 saturated heterocycles. The molecular weight excluding hydrogens is 410 g/mol. The van der Waals surface area contributed by atoms with Gasteiger partial charge in [-0.1, -0.05) is 33.8 Å². The maximum Gasteiger partial charge on any atom is 0.257 e. The molecule has 1 saturated carbocycles. The number of benzene rings is 1. The molecule has 0 spiro atoms. The number of hydrogen-bond donors (Lipinski definition) is 0. The van der Waals surface area contributed by atoms with E-state index in [4.69, 9.17) is 5.26 Å². The van der Waals surface area contributed by atoms with Crippen LogP contribution < -0.4 is 4.90 Å². The topological polar surface area (TPSA) is 81.5 Å². The molecule has 3 amide bonds. The van der Waals surface area contributed by atoms with Gasteiger partial charge in [-0.15, -0.1) is 11.3 Å². The first-order valence-corrected chi connectivity index (χ1v) is 11.2. The Morgan fingerprint density at radius 2 is 1.81 bits per heavy atom. The average molecular weight is 436 g/mol. The maximum absolute atomic E-state index is 13.6. The normalized spacial score (nSPS) is 21.8. The number of carbonyl (C=O) groups excluding carboxylic acids is 3. The van der Waals surface area contributed by atoms with Crippen molar-refractivity contribution < 1.29 is 14.4 Å². The van der Waals surface area contributed by atoms with E-state index in [1.165, 1.54) is 11.3 Å².